The van der Waals surface area contributed by atoms with Crippen molar-refractivity contribution in [1.82, 2.24) is 20.1 Å². The van der Waals surface area contributed by atoms with Gasteiger partial charge in [-0.25, -0.2) is 0 Å². The molecule has 2 aromatic heterocycles. The largest absolute Gasteiger partial charge is 0.357 e. The maximum atomic E-state index is 4.31. The summed E-state index contributed by atoms with van der Waals surface area (Å²) in [6.45, 7) is 6.83. The molecule has 3 heterocycles. The van der Waals surface area contributed by atoms with Crippen molar-refractivity contribution in [3.8, 4) is 10.7 Å². The van der Waals surface area contributed by atoms with Crippen LogP contribution in [0.1, 0.15) is 26.7 Å². The molecule has 5 nitrogen and oxygen atoms in total. The second kappa shape index (κ2) is 6.49. The quantitative estimate of drug-likeness (QED) is 0.941. The molecule has 3 rings (SSSR count). The molecule has 1 aliphatic heterocycles. The van der Waals surface area contributed by atoms with E-state index in [-0.39, 0.29) is 0 Å². The van der Waals surface area contributed by atoms with E-state index in [0.29, 0.717) is 12.1 Å². The highest BCUT2D eigenvalue weighted by molar-refractivity contribution is 7.18. The van der Waals surface area contributed by atoms with E-state index in [9.17, 15) is 0 Å². The summed E-state index contributed by atoms with van der Waals surface area (Å²) >= 11 is 1.58. The summed E-state index contributed by atoms with van der Waals surface area (Å²) in [5.74, 6) is 0. The summed E-state index contributed by atoms with van der Waals surface area (Å²) in [4.78, 5) is 6.84. The molecule has 21 heavy (non-hydrogen) atoms. The number of likely N-dealkylation sites (tertiary alicyclic amines) is 1. The lowest BCUT2D eigenvalue weighted by atomic mass is 10.0. The van der Waals surface area contributed by atoms with Crippen LogP contribution in [0.4, 0.5) is 5.13 Å². The Hall–Kier alpha value is -1.53. The summed E-state index contributed by atoms with van der Waals surface area (Å²) in [7, 11) is 0. The van der Waals surface area contributed by atoms with Gasteiger partial charge in [0.15, 0.2) is 5.01 Å². The number of hydrogen-bond donors (Lipinski definition) is 1. The van der Waals surface area contributed by atoms with Crippen molar-refractivity contribution < 1.29 is 0 Å². The van der Waals surface area contributed by atoms with Crippen molar-refractivity contribution in [2.45, 2.75) is 38.8 Å². The molecule has 1 aliphatic rings. The Labute approximate surface area is 129 Å². The van der Waals surface area contributed by atoms with Crippen molar-refractivity contribution in [3.63, 3.8) is 0 Å². The highest BCUT2D eigenvalue weighted by atomic mass is 32.1. The maximum Gasteiger partial charge on any atom is 0.206 e. The second-order valence-corrected chi connectivity index (χ2v) is 6.65. The molecular weight excluding hydrogens is 282 g/mol. The third-order valence-electron chi connectivity index (χ3n) is 3.90. The standard InChI is InChI=1S/C15H21N5S/c1-11(2)20-9-6-12(7-10-20)17-15-19-18-14(21-15)13-5-3-4-8-16-13/h3-5,8,11-12H,6-7,9-10H2,1-2H3,(H,17,19). The normalized spacial score (nSPS) is 17.3. The van der Waals surface area contributed by atoms with Crippen LogP contribution in [0.25, 0.3) is 10.7 Å². The van der Waals surface area contributed by atoms with Gasteiger partial charge in [0.25, 0.3) is 0 Å². The van der Waals surface area contributed by atoms with Crippen LogP contribution >= 0.6 is 11.3 Å². The molecule has 1 saturated heterocycles. The Morgan fingerprint density at radius 3 is 2.71 bits per heavy atom. The fraction of sp³-hybridized carbons (Fsp3) is 0.533. The SMILES string of the molecule is CC(C)N1CCC(Nc2nnc(-c3ccccn3)s2)CC1. The van der Waals surface area contributed by atoms with Gasteiger partial charge in [0, 0.05) is 31.4 Å². The Morgan fingerprint density at radius 1 is 1.24 bits per heavy atom. The molecule has 0 unspecified atom stereocenters. The van der Waals surface area contributed by atoms with E-state index in [2.05, 4.69) is 39.2 Å². The van der Waals surface area contributed by atoms with Crippen molar-refractivity contribution >= 4 is 16.5 Å². The van der Waals surface area contributed by atoms with E-state index < -0.39 is 0 Å². The first-order chi connectivity index (χ1) is 10.2. The number of anilines is 1. The van der Waals surface area contributed by atoms with Crippen LogP contribution in [0.2, 0.25) is 0 Å². The average Bonchev–Trinajstić information content (AvgIpc) is 2.97. The van der Waals surface area contributed by atoms with Gasteiger partial charge >= 0.3 is 0 Å². The molecule has 0 radical (unpaired) electrons. The molecule has 0 bridgehead atoms. The monoisotopic (exact) mass is 303 g/mol. The minimum Gasteiger partial charge on any atom is -0.357 e. The molecule has 0 aromatic carbocycles. The summed E-state index contributed by atoms with van der Waals surface area (Å²) in [6.07, 6.45) is 4.11. The van der Waals surface area contributed by atoms with Gasteiger partial charge in [0.05, 0.1) is 0 Å². The van der Waals surface area contributed by atoms with E-state index in [1.54, 1.807) is 17.5 Å². The third-order valence-corrected chi connectivity index (χ3v) is 4.77. The van der Waals surface area contributed by atoms with Crippen molar-refractivity contribution in [3.05, 3.63) is 24.4 Å². The third kappa shape index (κ3) is 3.57. The molecular formula is C15H21N5S. The van der Waals surface area contributed by atoms with Gasteiger partial charge in [0.2, 0.25) is 5.13 Å². The first-order valence-corrected chi connectivity index (χ1v) is 8.29. The van der Waals surface area contributed by atoms with Crippen LogP contribution in [0.5, 0.6) is 0 Å². The highest BCUT2D eigenvalue weighted by Crippen LogP contribution is 2.26. The van der Waals surface area contributed by atoms with Crippen LogP contribution in [0, 0.1) is 0 Å². The lowest BCUT2D eigenvalue weighted by Crippen LogP contribution is -2.42. The molecule has 0 amide bonds. The Balaban J connectivity index is 1.59. The van der Waals surface area contributed by atoms with Crippen LogP contribution < -0.4 is 5.32 Å². The number of nitrogens with zero attached hydrogens (tertiary/aromatic N) is 4. The zero-order valence-electron chi connectivity index (χ0n) is 12.5. The number of rotatable bonds is 4. The van der Waals surface area contributed by atoms with Gasteiger partial charge in [-0.15, -0.1) is 10.2 Å². The minimum absolute atomic E-state index is 0.504. The lowest BCUT2D eigenvalue weighted by Gasteiger charge is -2.34. The molecule has 112 valence electrons. The predicted octanol–water partition coefficient (Wildman–Crippen LogP) is 2.88. The summed E-state index contributed by atoms with van der Waals surface area (Å²) in [5.41, 5.74) is 0.887. The predicted molar refractivity (Wildman–Crippen MR) is 86.5 cm³/mol. The van der Waals surface area contributed by atoms with E-state index in [1.165, 1.54) is 0 Å². The second-order valence-electron chi connectivity index (χ2n) is 5.68. The zero-order valence-corrected chi connectivity index (χ0v) is 13.3. The van der Waals surface area contributed by atoms with Gasteiger partial charge in [-0.3, -0.25) is 4.98 Å². The van der Waals surface area contributed by atoms with Gasteiger partial charge in [-0.2, -0.15) is 0 Å². The van der Waals surface area contributed by atoms with Gasteiger partial charge in [0.1, 0.15) is 5.69 Å². The molecule has 6 heteroatoms. The maximum absolute atomic E-state index is 4.31. The molecule has 0 atom stereocenters. The number of nitrogens with one attached hydrogen (secondary N) is 1. The molecule has 0 aliphatic carbocycles. The van der Waals surface area contributed by atoms with Crippen LogP contribution in [0.15, 0.2) is 24.4 Å². The van der Waals surface area contributed by atoms with E-state index >= 15 is 0 Å². The van der Waals surface area contributed by atoms with Crippen molar-refractivity contribution in [2.75, 3.05) is 18.4 Å². The Morgan fingerprint density at radius 2 is 2.05 bits per heavy atom. The summed E-state index contributed by atoms with van der Waals surface area (Å²) < 4.78 is 0. The molecule has 0 spiro atoms. The average molecular weight is 303 g/mol. The number of aromatic nitrogens is 3. The van der Waals surface area contributed by atoms with Crippen LogP contribution in [-0.2, 0) is 0 Å². The number of piperidine rings is 1. The van der Waals surface area contributed by atoms with Crippen molar-refractivity contribution in [2.24, 2.45) is 0 Å². The Kier molecular flexibility index (Phi) is 4.45. The Bertz CT molecular complexity index is 560. The number of pyridine rings is 1. The molecule has 1 fully saturated rings. The van der Waals surface area contributed by atoms with Crippen LogP contribution in [-0.4, -0.2) is 45.3 Å². The summed E-state index contributed by atoms with van der Waals surface area (Å²) in [5, 5.41) is 13.8. The lowest BCUT2D eigenvalue weighted by molar-refractivity contribution is 0.177. The first-order valence-electron chi connectivity index (χ1n) is 7.48. The minimum atomic E-state index is 0.504. The fourth-order valence-corrected chi connectivity index (χ4v) is 3.41. The smallest absolute Gasteiger partial charge is 0.206 e. The van der Waals surface area contributed by atoms with Gasteiger partial charge in [-0.1, -0.05) is 17.4 Å². The fourth-order valence-electron chi connectivity index (χ4n) is 2.61. The van der Waals surface area contributed by atoms with Crippen molar-refractivity contribution in [1.29, 1.82) is 0 Å². The summed E-state index contributed by atoms with van der Waals surface area (Å²) in [6, 6.07) is 6.99. The zero-order chi connectivity index (χ0) is 14.7. The van der Waals surface area contributed by atoms with E-state index in [4.69, 9.17) is 0 Å². The topological polar surface area (TPSA) is 53.9 Å². The van der Waals surface area contributed by atoms with E-state index in [0.717, 1.165) is 41.8 Å². The van der Waals surface area contributed by atoms with Gasteiger partial charge in [-0.05, 0) is 38.8 Å². The molecule has 0 saturated carbocycles. The molecule has 1 N–H and O–H groups in total. The number of hydrogen-bond acceptors (Lipinski definition) is 6. The van der Waals surface area contributed by atoms with Gasteiger partial charge < -0.3 is 10.2 Å². The van der Waals surface area contributed by atoms with Crippen LogP contribution in [0.3, 0.4) is 0 Å². The first kappa shape index (κ1) is 14.4. The molecule has 2 aromatic rings. The highest BCUT2D eigenvalue weighted by Gasteiger charge is 2.21. The van der Waals surface area contributed by atoms with E-state index in [1.807, 2.05) is 18.2 Å².